The van der Waals surface area contributed by atoms with E-state index in [1.807, 2.05) is 4.90 Å². The minimum Gasteiger partial charge on any atom is -0.508 e. The monoisotopic (exact) mass is 328 g/mol. The summed E-state index contributed by atoms with van der Waals surface area (Å²) < 4.78 is 14.4. The molecule has 1 fully saturated rings. The highest BCUT2D eigenvalue weighted by Gasteiger charge is 2.19. The molecule has 2 aromatic carbocycles. The Bertz CT molecular complexity index is 725. The van der Waals surface area contributed by atoms with Gasteiger partial charge in [-0.25, -0.2) is 4.39 Å². The Morgan fingerprint density at radius 3 is 2.46 bits per heavy atom. The molecule has 0 bridgehead atoms. The highest BCUT2D eigenvalue weighted by Crippen LogP contribution is 2.25. The van der Waals surface area contributed by atoms with E-state index in [0.717, 1.165) is 31.5 Å². The first-order chi connectivity index (χ1) is 11.5. The summed E-state index contributed by atoms with van der Waals surface area (Å²) in [6.07, 6.45) is 2.16. The maximum atomic E-state index is 14.4. The molecule has 1 aliphatic rings. The molecule has 5 heteroatoms. The van der Waals surface area contributed by atoms with E-state index in [9.17, 15) is 14.3 Å². The molecule has 2 aromatic rings. The van der Waals surface area contributed by atoms with Gasteiger partial charge in [-0.05, 0) is 48.7 Å². The lowest BCUT2D eigenvalue weighted by atomic mass is 10.1. The van der Waals surface area contributed by atoms with Crippen LogP contribution in [-0.2, 0) is 6.54 Å². The molecule has 1 N–H and O–H groups in total. The maximum absolute atomic E-state index is 14.4. The molecule has 1 aliphatic heterocycles. The highest BCUT2D eigenvalue weighted by molar-refractivity contribution is 5.94. The van der Waals surface area contributed by atoms with Crippen LogP contribution in [-0.4, -0.2) is 36.1 Å². The van der Waals surface area contributed by atoms with E-state index < -0.39 is 0 Å². The fraction of sp³-hybridized carbons (Fsp3) is 0.316. The van der Waals surface area contributed by atoms with Gasteiger partial charge >= 0.3 is 0 Å². The number of carbonyl (C=O) groups is 1. The predicted octanol–water partition coefficient (Wildman–Crippen LogP) is 3.40. The summed E-state index contributed by atoms with van der Waals surface area (Å²) in [6.45, 7) is 2.13. The van der Waals surface area contributed by atoms with Gasteiger partial charge in [-0.1, -0.05) is 12.1 Å². The van der Waals surface area contributed by atoms with Crippen molar-refractivity contribution in [3.63, 3.8) is 0 Å². The van der Waals surface area contributed by atoms with Crippen LogP contribution in [0.15, 0.2) is 42.5 Å². The zero-order valence-corrected chi connectivity index (χ0v) is 13.7. The topological polar surface area (TPSA) is 43.8 Å². The SMILES string of the molecule is CN(Cc1ccc(O)cc1)C(=O)c1ccc(N2CCCC2)c(F)c1. The Morgan fingerprint density at radius 2 is 1.83 bits per heavy atom. The van der Waals surface area contributed by atoms with Crippen molar-refractivity contribution in [3.8, 4) is 5.75 Å². The van der Waals surface area contributed by atoms with Crippen LogP contribution < -0.4 is 4.90 Å². The van der Waals surface area contributed by atoms with Gasteiger partial charge in [0.05, 0.1) is 5.69 Å². The smallest absolute Gasteiger partial charge is 0.254 e. The van der Waals surface area contributed by atoms with Gasteiger partial charge in [-0.2, -0.15) is 0 Å². The predicted molar refractivity (Wildman–Crippen MR) is 91.8 cm³/mol. The van der Waals surface area contributed by atoms with Crippen LogP contribution in [0.25, 0.3) is 0 Å². The average molecular weight is 328 g/mol. The number of carbonyl (C=O) groups excluding carboxylic acids is 1. The van der Waals surface area contributed by atoms with Gasteiger partial charge in [0.25, 0.3) is 5.91 Å². The largest absolute Gasteiger partial charge is 0.508 e. The first-order valence-corrected chi connectivity index (χ1v) is 8.12. The van der Waals surface area contributed by atoms with E-state index in [0.29, 0.717) is 17.8 Å². The second-order valence-corrected chi connectivity index (χ2v) is 6.19. The van der Waals surface area contributed by atoms with Crippen LogP contribution in [0.4, 0.5) is 10.1 Å². The lowest BCUT2D eigenvalue weighted by molar-refractivity contribution is 0.0784. The molecule has 0 aliphatic carbocycles. The van der Waals surface area contributed by atoms with E-state index in [1.165, 1.54) is 11.0 Å². The van der Waals surface area contributed by atoms with E-state index >= 15 is 0 Å². The summed E-state index contributed by atoms with van der Waals surface area (Å²) in [6, 6.07) is 11.4. The molecule has 0 saturated carbocycles. The van der Waals surface area contributed by atoms with E-state index in [2.05, 4.69) is 0 Å². The molecular formula is C19H21FN2O2. The lowest BCUT2D eigenvalue weighted by Crippen LogP contribution is -2.26. The Kier molecular flexibility index (Phi) is 4.69. The number of benzene rings is 2. The summed E-state index contributed by atoms with van der Waals surface area (Å²) in [4.78, 5) is 16.1. The number of nitrogens with zero attached hydrogens (tertiary/aromatic N) is 2. The number of aromatic hydroxyl groups is 1. The van der Waals surface area contributed by atoms with Gasteiger partial charge in [0.1, 0.15) is 11.6 Å². The molecule has 1 heterocycles. The maximum Gasteiger partial charge on any atom is 0.254 e. The number of hydrogen-bond acceptors (Lipinski definition) is 3. The number of rotatable bonds is 4. The number of halogens is 1. The van der Waals surface area contributed by atoms with E-state index in [-0.39, 0.29) is 17.5 Å². The van der Waals surface area contributed by atoms with Crippen molar-refractivity contribution in [2.24, 2.45) is 0 Å². The lowest BCUT2D eigenvalue weighted by Gasteiger charge is -2.20. The van der Waals surface area contributed by atoms with E-state index in [1.54, 1.807) is 43.4 Å². The normalized spacial score (nSPS) is 14.0. The Morgan fingerprint density at radius 1 is 1.17 bits per heavy atom. The first-order valence-electron chi connectivity index (χ1n) is 8.12. The average Bonchev–Trinajstić information content (AvgIpc) is 3.10. The van der Waals surface area contributed by atoms with Crippen molar-refractivity contribution in [1.82, 2.24) is 4.90 Å². The Hall–Kier alpha value is -2.56. The zero-order chi connectivity index (χ0) is 17.1. The second-order valence-electron chi connectivity index (χ2n) is 6.19. The van der Waals surface area contributed by atoms with Gasteiger partial charge < -0.3 is 14.9 Å². The molecule has 1 amide bonds. The van der Waals surface area contributed by atoms with Gasteiger partial charge in [-0.3, -0.25) is 4.79 Å². The molecule has 4 nitrogen and oxygen atoms in total. The number of hydrogen-bond donors (Lipinski definition) is 1. The minimum absolute atomic E-state index is 0.187. The molecular weight excluding hydrogens is 307 g/mol. The minimum atomic E-state index is -0.346. The molecule has 0 atom stereocenters. The standard InChI is InChI=1S/C19H21FN2O2/c1-21(13-14-4-7-16(23)8-5-14)19(24)15-6-9-18(17(20)12-15)22-10-2-3-11-22/h4-9,12,23H,2-3,10-11,13H2,1H3. The van der Waals surface area contributed by atoms with Crippen LogP contribution in [0.1, 0.15) is 28.8 Å². The van der Waals surface area contributed by atoms with Crippen LogP contribution in [0, 0.1) is 5.82 Å². The summed E-state index contributed by atoms with van der Waals surface area (Å²) in [5.41, 5.74) is 1.82. The summed E-state index contributed by atoms with van der Waals surface area (Å²) in [5, 5.41) is 9.30. The van der Waals surface area contributed by atoms with Crippen LogP contribution >= 0.6 is 0 Å². The summed E-state index contributed by atoms with van der Waals surface area (Å²) in [7, 11) is 1.68. The number of amides is 1. The Balaban J connectivity index is 1.71. The van der Waals surface area contributed by atoms with E-state index in [4.69, 9.17) is 0 Å². The Labute approximate surface area is 141 Å². The molecule has 3 rings (SSSR count). The van der Waals surface area contributed by atoms with Crippen LogP contribution in [0.5, 0.6) is 5.75 Å². The number of phenols is 1. The fourth-order valence-corrected chi connectivity index (χ4v) is 3.02. The molecule has 0 unspecified atom stereocenters. The van der Waals surface area contributed by atoms with Gasteiger partial charge in [-0.15, -0.1) is 0 Å². The summed E-state index contributed by atoms with van der Waals surface area (Å²) >= 11 is 0. The third kappa shape index (κ3) is 3.50. The first kappa shape index (κ1) is 16.3. The molecule has 126 valence electrons. The van der Waals surface area contributed by atoms with Crippen molar-refractivity contribution >= 4 is 11.6 Å². The second kappa shape index (κ2) is 6.91. The number of anilines is 1. The third-order valence-corrected chi connectivity index (χ3v) is 4.34. The van der Waals surface area contributed by atoms with Gasteiger partial charge in [0.15, 0.2) is 0 Å². The molecule has 24 heavy (non-hydrogen) atoms. The van der Waals surface area contributed by atoms with Gasteiger partial charge in [0.2, 0.25) is 0 Å². The van der Waals surface area contributed by atoms with Crippen molar-refractivity contribution in [2.75, 3.05) is 25.0 Å². The third-order valence-electron chi connectivity index (χ3n) is 4.34. The quantitative estimate of drug-likeness (QED) is 0.935. The molecule has 0 radical (unpaired) electrons. The van der Waals surface area contributed by atoms with Crippen molar-refractivity contribution in [3.05, 3.63) is 59.4 Å². The molecule has 0 spiro atoms. The van der Waals surface area contributed by atoms with Gasteiger partial charge in [0, 0.05) is 32.2 Å². The summed E-state index contributed by atoms with van der Waals surface area (Å²) in [5.74, 6) is -0.386. The van der Waals surface area contributed by atoms with Crippen molar-refractivity contribution in [1.29, 1.82) is 0 Å². The zero-order valence-electron chi connectivity index (χ0n) is 13.7. The van der Waals surface area contributed by atoms with Crippen LogP contribution in [0.3, 0.4) is 0 Å². The van der Waals surface area contributed by atoms with Crippen molar-refractivity contribution < 1.29 is 14.3 Å². The van der Waals surface area contributed by atoms with Crippen molar-refractivity contribution in [2.45, 2.75) is 19.4 Å². The molecule has 0 aromatic heterocycles. The fourth-order valence-electron chi connectivity index (χ4n) is 3.02. The molecule has 1 saturated heterocycles. The highest BCUT2D eigenvalue weighted by atomic mass is 19.1. The van der Waals surface area contributed by atoms with Crippen LogP contribution in [0.2, 0.25) is 0 Å². The number of phenolic OH excluding ortho intramolecular Hbond substituents is 1.